The Labute approximate surface area is 149 Å². The molecule has 0 amide bonds. The number of hydrogen-bond acceptors (Lipinski definition) is 7. The van der Waals surface area contributed by atoms with Crippen LogP contribution in [0.4, 0.5) is 0 Å². The largest absolute Gasteiger partial charge is 0.497 e. The van der Waals surface area contributed by atoms with E-state index in [0.717, 1.165) is 22.6 Å². The van der Waals surface area contributed by atoms with E-state index in [2.05, 4.69) is 20.3 Å². The quantitative estimate of drug-likeness (QED) is 0.546. The highest BCUT2D eigenvalue weighted by atomic mass is 16.5. The number of aryl methyl sites for hydroxylation is 1. The number of rotatable bonds is 5. The standard InChI is InChI=1S/C18H17N5O3/c1-11-20-21-16-5-4-13(10-23(11)16)18-19-17(26-22-18)8-12-6-14(24-2)9-15(7-12)25-3/h4-7,9-10H,8H2,1-3H3. The highest BCUT2D eigenvalue weighted by molar-refractivity contribution is 5.57. The summed E-state index contributed by atoms with van der Waals surface area (Å²) in [4.78, 5) is 4.49. The monoisotopic (exact) mass is 351 g/mol. The SMILES string of the molecule is COc1cc(Cc2nc(-c3ccc4nnc(C)n4c3)no2)cc(OC)c1. The first kappa shape index (κ1) is 16.1. The molecular formula is C18H17N5O3. The van der Waals surface area contributed by atoms with Crippen molar-refractivity contribution in [3.05, 3.63) is 53.8 Å². The lowest BCUT2D eigenvalue weighted by molar-refractivity contribution is 0.382. The number of methoxy groups -OCH3 is 2. The van der Waals surface area contributed by atoms with E-state index in [1.165, 1.54) is 0 Å². The van der Waals surface area contributed by atoms with E-state index in [1.54, 1.807) is 14.2 Å². The summed E-state index contributed by atoms with van der Waals surface area (Å²) < 4.78 is 17.9. The lowest BCUT2D eigenvalue weighted by atomic mass is 10.1. The Bertz CT molecular complexity index is 1050. The second-order valence-electron chi connectivity index (χ2n) is 5.80. The van der Waals surface area contributed by atoms with Crippen molar-refractivity contribution in [2.45, 2.75) is 13.3 Å². The van der Waals surface area contributed by atoms with Crippen molar-refractivity contribution < 1.29 is 14.0 Å². The van der Waals surface area contributed by atoms with Gasteiger partial charge in [-0.1, -0.05) is 5.16 Å². The minimum Gasteiger partial charge on any atom is -0.497 e. The topological polar surface area (TPSA) is 87.6 Å². The molecule has 1 aromatic carbocycles. The van der Waals surface area contributed by atoms with Gasteiger partial charge in [-0.2, -0.15) is 4.98 Å². The van der Waals surface area contributed by atoms with Crippen LogP contribution >= 0.6 is 0 Å². The molecular weight excluding hydrogens is 334 g/mol. The fraction of sp³-hybridized carbons (Fsp3) is 0.222. The van der Waals surface area contributed by atoms with Crippen molar-refractivity contribution in [3.8, 4) is 22.9 Å². The highest BCUT2D eigenvalue weighted by Gasteiger charge is 2.12. The summed E-state index contributed by atoms with van der Waals surface area (Å²) in [5, 5.41) is 12.2. The van der Waals surface area contributed by atoms with E-state index in [4.69, 9.17) is 14.0 Å². The number of fused-ring (bicyclic) bond motifs is 1. The van der Waals surface area contributed by atoms with Gasteiger partial charge in [0.15, 0.2) is 5.65 Å². The molecule has 8 heteroatoms. The van der Waals surface area contributed by atoms with Crippen LogP contribution in [-0.2, 0) is 6.42 Å². The Morgan fingerprint density at radius 1 is 1.04 bits per heavy atom. The Kier molecular flexibility index (Phi) is 4.00. The molecule has 0 bridgehead atoms. The Morgan fingerprint density at radius 2 is 1.81 bits per heavy atom. The van der Waals surface area contributed by atoms with Gasteiger partial charge in [-0.25, -0.2) is 0 Å². The molecule has 0 saturated heterocycles. The molecule has 0 radical (unpaired) electrons. The molecule has 3 aromatic heterocycles. The number of aromatic nitrogens is 5. The van der Waals surface area contributed by atoms with E-state index in [0.29, 0.717) is 29.6 Å². The maximum Gasteiger partial charge on any atom is 0.231 e. The van der Waals surface area contributed by atoms with Gasteiger partial charge in [-0.05, 0) is 36.8 Å². The van der Waals surface area contributed by atoms with Crippen LogP contribution in [0.15, 0.2) is 41.1 Å². The minimum absolute atomic E-state index is 0.481. The van der Waals surface area contributed by atoms with Crippen molar-refractivity contribution in [2.24, 2.45) is 0 Å². The number of pyridine rings is 1. The first-order valence-electron chi connectivity index (χ1n) is 8.02. The molecule has 0 aliphatic heterocycles. The van der Waals surface area contributed by atoms with E-state index < -0.39 is 0 Å². The van der Waals surface area contributed by atoms with Crippen molar-refractivity contribution >= 4 is 5.65 Å². The second-order valence-corrected chi connectivity index (χ2v) is 5.80. The molecule has 132 valence electrons. The van der Waals surface area contributed by atoms with Gasteiger partial charge >= 0.3 is 0 Å². The third-order valence-electron chi connectivity index (χ3n) is 4.07. The molecule has 0 unspecified atom stereocenters. The van der Waals surface area contributed by atoms with E-state index in [1.807, 2.05) is 47.9 Å². The number of ether oxygens (including phenoxy) is 2. The molecule has 4 aromatic rings. The van der Waals surface area contributed by atoms with Gasteiger partial charge < -0.3 is 14.0 Å². The van der Waals surface area contributed by atoms with Gasteiger partial charge in [0.2, 0.25) is 11.7 Å². The Balaban J connectivity index is 1.62. The van der Waals surface area contributed by atoms with Crippen LogP contribution in [0.5, 0.6) is 11.5 Å². The first-order chi connectivity index (χ1) is 12.7. The van der Waals surface area contributed by atoms with Crippen LogP contribution in [-0.4, -0.2) is 39.0 Å². The Morgan fingerprint density at radius 3 is 2.54 bits per heavy atom. The maximum atomic E-state index is 5.41. The van der Waals surface area contributed by atoms with Crippen LogP contribution in [0.2, 0.25) is 0 Å². The van der Waals surface area contributed by atoms with E-state index >= 15 is 0 Å². The van der Waals surface area contributed by atoms with Gasteiger partial charge in [0.25, 0.3) is 0 Å². The average Bonchev–Trinajstić information content (AvgIpc) is 3.28. The van der Waals surface area contributed by atoms with Crippen LogP contribution in [0.3, 0.4) is 0 Å². The Hall–Kier alpha value is -3.42. The average molecular weight is 351 g/mol. The van der Waals surface area contributed by atoms with Crippen LogP contribution in [0.1, 0.15) is 17.3 Å². The van der Waals surface area contributed by atoms with Crippen molar-refractivity contribution in [2.75, 3.05) is 14.2 Å². The molecule has 0 aliphatic carbocycles. The molecule has 4 rings (SSSR count). The third-order valence-corrected chi connectivity index (χ3v) is 4.07. The smallest absolute Gasteiger partial charge is 0.231 e. The molecule has 0 fully saturated rings. The van der Waals surface area contributed by atoms with Crippen molar-refractivity contribution in [1.82, 2.24) is 24.7 Å². The van der Waals surface area contributed by atoms with Crippen LogP contribution < -0.4 is 9.47 Å². The molecule has 0 N–H and O–H groups in total. The zero-order valence-corrected chi connectivity index (χ0v) is 14.6. The fourth-order valence-corrected chi connectivity index (χ4v) is 2.72. The highest BCUT2D eigenvalue weighted by Crippen LogP contribution is 2.25. The molecule has 0 aliphatic rings. The van der Waals surface area contributed by atoms with Crippen LogP contribution in [0.25, 0.3) is 17.0 Å². The van der Waals surface area contributed by atoms with Crippen molar-refractivity contribution in [3.63, 3.8) is 0 Å². The summed E-state index contributed by atoms with van der Waals surface area (Å²) in [5.41, 5.74) is 2.57. The van der Waals surface area contributed by atoms with Crippen molar-refractivity contribution in [1.29, 1.82) is 0 Å². The number of nitrogens with zero attached hydrogens (tertiary/aromatic N) is 5. The fourth-order valence-electron chi connectivity index (χ4n) is 2.72. The molecule has 26 heavy (non-hydrogen) atoms. The minimum atomic E-state index is 0.481. The zero-order valence-electron chi connectivity index (χ0n) is 14.6. The van der Waals surface area contributed by atoms with Gasteiger partial charge in [-0.3, -0.25) is 4.40 Å². The van der Waals surface area contributed by atoms with Gasteiger partial charge in [-0.15, -0.1) is 10.2 Å². The summed E-state index contributed by atoms with van der Waals surface area (Å²) in [6.07, 6.45) is 2.38. The molecule has 0 spiro atoms. The van der Waals surface area contributed by atoms with E-state index in [9.17, 15) is 0 Å². The summed E-state index contributed by atoms with van der Waals surface area (Å²) in [6, 6.07) is 9.42. The lowest BCUT2D eigenvalue weighted by Gasteiger charge is -2.06. The molecule has 0 atom stereocenters. The van der Waals surface area contributed by atoms with Gasteiger partial charge in [0.1, 0.15) is 17.3 Å². The molecule has 3 heterocycles. The summed E-state index contributed by atoms with van der Waals surface area (Å²) in [7, 11) is 3.24. The summed E-state index contributed by atoms with van der Waals surface area (Å²) in [6.45, 7) is 1.89. The summed E-state index contributed by atoms with van der Waals surface area (Å²) in [5.74, 6) is 3.26. The van der Waals surface area contributed by atoms with Crippen LogP contribution in [0, 0.1) is 6.92 Å². The lowest BCUT2D eigenvalue weighted by Crippen LogP contribution is -1.94. The number of benzene rings is 1. The van der Waals surface area contributed by atoms with E-state index in [-0.39, 0.29) is 0 Å². The number of hydrogen-bond donors (Lipinski definition) is 0. The second kappa shape index (κ2) is 6.47. The third kappa shape index (κ3) is 2.97. The zero-order chi connectivity index (χ0) is 18.1. The molecule has 0 saturated carbocycles. The normalized spacial score (nSPS) is 11.0. The molecule has 8 nitrogen and oxygen atoms in total. The van der Waals surface area contributed by atoms with Gasteiger partial charge in [0.05, 0.1) is 20.6 Å². The predicted molar refractivity (Wildman–Crippen MR) is 93.4 cm³/mol. The summed E-state index contributed by atoms with van der Waals surface area (Å²) >= 11 is 0. The predicted octanol–water partition coefficient (Wildman–Crippen LogP) is 2.70. The van der Waals surface area contributed by atoms with Gasteiger partial charge in [0, 0.05) is 17.8 Å². The first-order valence-corrected chi connectivity index (χ1v) is 8.02. The maximum absolute atomic E-state index is 5.41.